The first-order valence-electron chi connectivity index (χ1n) is 8.06. The average molecular weight is 387 g/mol. The van der Waals surface area contributed by atoms with Gasteiger partial charge in [0, 0.05) is 31.8 Å². The normalized spacial score (nSPS) is 20.7. The maximum Gasteiger partial charge on any atom is 0.414 e. The van der Waals surface area contributed by atoms with Crippen LogP contribution in [0.5, 0.6) is 0 Å². The number of carbonyl (C=O) groups is 1. The molecule has 2 aliphatic rings. The molecule has 2 heterocycles. The Morgan fingerprint density at radius 2 is 2.12 bits per heavy atom. The van der Waals surface area contributed by atoms with Gasteiger partial charge in [-0.2, -0.15) is 0 Å². The minimum Gasteiger partial charge on any atom is -0.442 e. The fourth-order valence-corrected chi connectivity index (χ4v) is 2.96. The lowest BCUT2D eigenvalue weighted by Gasteiger charge is -2.24. The van der Waals surface area contributed by atoms with Gasteiger partial charge < -0.3 is 20.7 Å². The van der Waals surface area contributed by atoms with Crippen molar-refractivity contribution >= 4 is 34.8 Å². The number of amides is 1. The first kappa shape index (κ1) is 18.5. The highest BCUT2D eigenvalue weighted by Crippen LogP contribution is 2.31. The number of rotatable bonds is 4. The molecule has 142 valence electrons. The summed E-state index contributed by atoms with van der Waals surface area (Å²) in [5, 5.41) is 2.77. The molecule has 2 saturated heterocycles. The lowest BCUT2D eigenvalue weighted by Crippen LogP contribution is -2.37. The summed E-state index contributed by atoms with van der Waals surface area (Å²) in [7, 11) is 0. The van der Waals surface area contributed by atoms with Crippen LogP contribution < -0.4 is 26.3 Å². The van der Waals surface area contributed by atoms with Gasteiger partial charge in [-0.05, 0) is 12.2 Å². The largest absolute Gasteiger partial charge is 0.442 e. The molecule has 8 nitrogen and oxygen atoms in total. The van der Waals surface area contributed by atoms with Gasteiger partial charge in [-0.25, -0.2) is 19.1 Å². The number of nitrogens with two attached hydrogens (primary N) is 1. The maximum atomic E-state index is 14.6. The van der Waals surface area contributed by atoms with Gasteiger partial charge in [0.2, 0.25) is 0 Å². The minimum atomic E-state index is -0.751. The second kappa shape index (κ2) is 7.98. The van der Waals surface area contributed by atoms with Gasteiger partial charge in [-0.15, -0.1) is 0 Å². The molecule has 11 heteroatoms. The molecule has 0 spiro atoms. The average Bonchev–Trinajstić information content (AvgIpc) is 2.77. The Labute approximate surface area is 154 Å². The van der Waals surface area contributed by atoms with Crippen LogP contribution in [0.2, 0.25) is 0 Å². The van der Waals surface area contributed by atoms with Crippen molar-refractivity contribution in [1.82, 2.24) is 10.8 Å². The predicted octanol–water partition coefficient (Wildman–Crippen LogP) is 0.464. The number of thiocarbonyl (C=S) groups is 1. The topological polar surface area (TPSA) is 92.1 Å². The summed E-state index contributed by atoms with van der Waals surface area (Å²) in [5.41, 5.74) is 7.99. The Bertz CT molecular complexity index is 677. The number of hydrogen-bond donors (Lipinski definition) is 3. The highest BCUT2D eigenvalue weighted by Gasteiger charge is 2.33. The molecule has 2 aliphatic heterocycles. The van der Waals surface area contributed by atoms with Crippen molar-refractivity contribution in [2.75, 3.05) is 49.1 Å². The van der Waals surface area contributed by atoms with E-state index in [0.717, 1.165) is 12.1 Å². The van der Waals surface area contributed by atoms with Gasteiger partial charge in [0.15, 0.2) is 16.7 Å². The smallest absolute Gasteiger partial charge is 0.414 e. The number of cyclic esters (lactones) is 1. The molecule has 1 aromatic carbocycles. The first-order chi connectivity index (χ1) is 12.5. The van der Waals surface area contributed by atoms with Crippen molar-refractivity contribution in [3.05, 3.63) is 23.8 Å². The van der Waals surface area contributed by atoms with Crippen LogP contribution in [0, 0.1) is 11.6 Å². The van der Waals surface area contributed by atoms with Gasteiger partial charge in [-0.3, -0.25) is 9.74 Å². The molecule has 1 amide bonds. The van der Waals surface area contributed by atoms with Gasteiger partial charge in [0.1, 0.15) is 11.8 Å². The van der Waals surface area contributed by atoms with Crippen LogP contribution in [0.15, 0.2) is 12.1 Å². The molecule has 2 fully saturated rings. The van der Waals surface area contributed by atoms with Gasteiger partial charge in [0.05, 0.1) is 25.4 Å². The zero-order valence-corrected chi connectivity index (χ0v) is 14.7. The fourth-order valence-electron chi connectivity index (χ4n) is 2.88. The Balaban J connectivity index is 1.77. The maximum absolute atomic E-state index is 14.6. The summed E-state index contributed by atoms with van der Waals surface area (Å²) in [6.45, 7) is 1.84. The molecule has 0 radical (unpaired) electrons. The van der Waals surface area contributed by atoms with Crippen LogP contribution in [0.3, 0.4) is 0 Å². The van der Waals surface area contributed by atoms with Gasteiger partial charge >= 0.3 is 6.09 Å². The van der Waals surface area contributed by atoms with E-state index in [1.165, 1.54) is 4.90 Å². The van der Waals surface area contributed by atoms with E-state index in [9.17, 15) is 13.6 Å². The summed E-state index contributed by atoms with van der Waals surface area (Å²) in [6.07, 6.45) is -1.21. The quantitative estimate of drug-likeness (QED) is 0.642. The van der Waals surface area contributed by atoms with E-state index in [1.807, 2.05) is 0 Å². The van der Waals surface area contributed by atoms with Crippen molar-refractivity contribution in [2.24, 2.45) is 5.73 Å². The summed E-state index contributed by atoms with van der Waals surface area (Å²) in [4.78, 5) is 19.8. The molecule has 0 bridgehead atoms. The van der Waals surface area contributed by atoms with Crippen LogP contribution in [0.1, 0.15) is 0 Å². The minimum absolute atomic E-state index is 0.0804. The third-order valence-electron chi connectivity index (χ3n) is 4.06. The molecule has 4 N–H and O–H groups in total. The number of ether oxygens (including phenoxy) is 1. The zero-order chi connectivity index (χ0) is 18.7. The van der Waals surface area contributed by atoms with E-state index in [0.29, 0.717) is 26.2 Å². The first-order valence-corrected chi connectivity index (χ1v) is 8.46. The number of anilines is 2. The summed E-state index contributed by atoms with van der Waals surface area (Å²) in [5.74, 6) is -1.50. The molecule has 0 unspecified atom stereocenters. The number of hydrogen-bond acceptors (Lipinski definition) is 6. The predicted molar refractivity (Wildman–Crippen MR) is 94.9 cm³/mol. The zero-order valence-electron chi connectivity index (χ0n) is 13.8. The van der Waals surface area contributed by atoms with Crippen molar-refractivity contribution in [3.8, 4) is 0 Å². The number of halogens is 2. The third-order valence-corrected chi connectivity index (χ3v) is 4.20. The van der Waals surface area contributed by atoms with E-state index in [4.69, 9.17) is 27.5 Å². The Morgan fingerprint density at radius 3 is 2.81 bits per heavy atom. The number of carbonyl (C=O) groups excluding carboxylic acids is 1. The van der Waals surface area contributed by atoms with Gasteiger partial charge in [-0.1, -0.05) is 0 Å². The molecule has 0 saturated carbocycles. The molecule has 1 aromatic rings. The second-order valence-corrected chi connectivity index (χ2v) is 6.29. The summed E-state index contributed by atoms with van der Waals surface area (Å²) >= 11 is 4.70. The molecule has 26 heavy (non-hydrogen) atoms. The van der Waals surface area contributed by atoms with Crippen LogP contribution in [-0.4, -0.2) is 56.6 Å². The Morgan fingerprint density at radius 1 is 1.38 bits per heavy atom. The standard InChI is InChI=1S/C15H19F2N5O3S/c16-11-5-9(22-8-10(25-15(22)23)7-19-14(18)26)6-12(17)13(11)21-2-1-20-24-4-3-21/h5-6,10,20H,1-4,7-8H2,(H3,18,19,26)/t10-/m0/s1. The van der Waals surface area contributed by atoms with E-state index in [-0.39, 0.29) is 29.6 Å². The van der Waals surface area contributed by atoms with E-state index in [2.05, 4.69) is 10.8 Å². The molecular weight excluding hydrogens is 368 g/mol. The molecule has 3 rings (SSSR count). The highest BCUT2D eigenvalue weighted by atomic mass is 32.1. The molecule has 0 aromatic heterocycles. The monoisotopic (exact) mass is 387 g/mol. The van der Waals surface area contributed by atoms with Crippen molar-refractivity contribution in [3.63, 3.8) is 0 Å². The Hall–Kier alpha value is -2.24. The van der Waals surface area contributed by atoms with Crippen molar-refractivity contribution < 1.29 is 23.1 Å². The number of benzene rings is 1. The SMILES string of the molecule is NC(=S)NC[C@H]1CN(c2cc(F)c(N3CCNOCC3)c(F)c2)C(=O)O1. The van der Waals surface area contributed by atoms with E-state index < -0.39 is 23.8 Å². The Kier molecular flexibility index (Phi) is 5.69. The van der Waals surface area contributed by atoms with Gasteiger partial charge in [0.25, 0.3) is 0 Å². The number of hydroxylamine groups is 1. The van der Waals surface area contributed by atoms with Crippen molar-refractivity contribution in [1.29, 1.82) is 0 Å². The highest BCUT2D eigenvalue weighted by molar-refractivity contribution is 7.80. The van der Waals surface area contributed by atoms with Crippen LogP contribution in [0.4, 0.5) is 25.0 Å². The molecular formula is C15H19F2N5O3S. The number of nitrogens with one attached hydrogen (secondary N) is 2. The molecule has 1 atom stereocenters. The lowest BCUT2D eigenvalue weighted by atomic mass is 10.2. The summed E-state index contributed by atoms with van der Waals surface area (Å²) in [6, 6.07) is 2.25. The van der Waals surface area contributed by atoms with E-state index in [1.54, 1.807) is 4.90 Å². The van der Waals surface area contributed by atoms with Crippen LogP contribution in [-0.2, 0) is 9.57 Å². The van der Waals surface area contributed by atoms with E-state index >= 15 is 0 Å². The van der Waals surface area contributed by atoms with Crippen LogP contribution >= 0.6 is 12.2 Å². The van der Waals surface area contributed by atoms with Crippen molar-refractivity contribution in [2.45, 2.75) is 6.10 Å². The molecule has 0 aliphatic carbocycles. The lowest BCUT2D eigenvalue weighted by molar-refractivity contribution is 0.0589. The number of nitrogens with zero attached hydrogens (tertiary/aromatic N) is 2. The van der Waals surface area contributed by atoms with Crippen LogP contribution in [0.25, 0.3) is 0 Å². The summed E-state index contributed by atoms with van der Waals surface area (Å²) < 4.78 is 34.3. The third kappa shape index (κ3) is 4.11. The fraction of sp³-hybridized carbons (Fsp3) is 0.467. The second-order valence-electron chi connectivity index (χ2n) is 5.85.